The molecule has 0 saturated carbocycles. The van der Waals surface area contributed by atoms with Crippen LogP contribution in [-0.4, -0.2) is 10.0 Å². The van der Waals surface area contributed by atoms with Crippen LogP contribution in [0.3, 0.4) is 0 Å². The van der Waals surface area contributed by atoms with Crippen molar-refractivity contribution in [2.24, 2.45) is 0 Å². The Labute approximate surface area is 123 Å². The Morgan fingerprint density at radius 2 is 1.86 bits per heavy atom. The van der Waals surface area contributed by atoms with E-state index in [0.717, 1.165) is 23.4 Å². The number of rotatable bonds is 5. The van der Waals surface area contributed by atoms with Gasteiger partial charge in [0.05, 0.1) is 11.5 Å². The summed E-state index contributed by atoms with van der Waals surface area (Å²) in [5, 5.41) is 19.6. The molecule has 21 heavy (non-hydrogen) atoms. The maximum Gasteiger partial charge on any atom is 0.269 e. The molecule has 0 aliphatic rings. The smallest absolute Gasteiger partial charge is 0.269 e. The molecule has 0 aromatic heterocycles. The summed E-state index contributed by atoms with van der Waals surface area (Å²) in [7, 11) is 0. The van der Waals surface area contributed by atoms with E-state index in [4.69, 9.17) is 5.11 Å². The molecule has 0 saturated heterocycles. The fourth-order valence-electron chi connectivity index (χ4n) is 1.70. The zero-order chi connectivity index (χ0) is 15.4. The Balaban J connectivity index is 2.31. The SMILES string of the molecule is O=[N+]([O-])c1ccc(Sc2ccc(CO)cc2)c(C(F)F)c1. The van der Waals surface area contributed by atoms with Crippen LogP contribution in [0.25, 0.3) is 0 Å². The van der Waals surface area contributed by atoms with Crippen LogP contribution >= 0.6 is 11.8 Å². The monoisotopic (exact) mass is 311 g/mol. The molecule has 4 nitrogen and oxygen atoms in total. The Kier molecular flexibility index (Phi) is 4.87. The van der Waals surface area contributed by atoms with Gasteiger partial charge in [0, 0.05) is 27.5 Å². The van der Waals surface area contributed by atoms with Crippen molar-refractivity contribution in [2.45, 2.75) is 22.8 Å². The molecule has 0 aliphatic carbocycles. The summed E-state index contributed by atoms with van der Waals surface area (Å²) in [5.74, 6) is 0. The van der Waals surface area contributed by atoms with E-state index in [0.29, 0.717) is 4.90 Å². The summed E-state index contributed by atoms with van der Waals surface area (Å²) in [4.78, 5) is 10.9. The van der Waals surface area contributed by atoms with Crippen LogP contribution in [0.4, 0.5) is 14.5 Å². The van der Waals surface area contributed by atoms with Gasteiger partial charge in [-0.2, -0.15) is 0 Å². The number of alkyl halides is 2. The molecule has 0 bridgehead atoms. The van der Waals surface area contributed by atoms with Crippen LogP contribution in [-0.2, 0) is 6.61 Å². The van der Waals surface area contributed by atoms with Gasteiger partial charge in [-0.05, 0) is 23.8 Å². The molecule has 0 radical (unpaired) electrons. The van der Waals surface area contributed by atoms with Crippen molar-refractivity contribution in [3.05, 3.63) is 63.7 Å². The first-order valence-corrected chi connectivity index (χ1v) is 6.77. The normalized spacial score (nSPS) is 10.9. The van der Waals surface area contributed by atoms with E-state index < -0.39 is 11.3 Å². The molecule has 7 heteroatoms. The lowest BCUT2D eigenvalue weighted by Gasteiger charge is -2.08. The molecule has 0 fully saturated rings. The molecule has 1 N–H and O–H groups in total. The van der Waals surface area contributed by atoms with Crippen molar-refractivity contribution >= 4 is 17.4 Å². The number of non-ortho nitro benzene ring substituents is 1. The summed E-state index contributed by atoms with van der Waals surface area (Å²) in [6.45, 7) is -0.0925. The summed E-state index contributed by atoms with van der Waals surface area (Å²) >= 11 is 1.10. The van der Waals surface area contributed by atoms with E-state index in [1.54, 1.807) is 24.3 Å². The van der Waals surface area contributed by atoms with Gasteiger partial charge < -0.3 is 5.11 Å². The summed E-state index contributed by atoms with van der Waals surface area (Å²) in [6, 6.07) is 10.2. The number of hydrogen-bond acceptors (Lipinski definition) is 4. The minimum Gasteiger partial charge on any atom is -0.392 e. The molecular formula is C14H11F2NO3S. The molecule has 0 atom stereocenters. The molecule has 2 aromatic carbocycles. The van der Waals surface area contributed by atoms with Gasteiger partial charge in [0.1, 0.15) is 0 Å². The van der Waals surface area contributed by atoms with Crippen molar-refractivity contribution in [3.63, 3.8) is 0 Å². The van der Waals surface area contributed by atoms with E-state index in [-0.39, 0.29) is 22.8 Å². The third-order valence-electron chi connectivity index (χ3n) is 2.77. The first kappa shape index (κ1) is 15.4. The molecule has 110 valence electrons. The standard InChI is InChI=1S/C14H11F2NO3S/c15-14(16)12-7-10(17(19)20)3-6-13(12)21-11-4-1-9(8-18)2-5-11/h1-7,14,18H,8H2. The molecular weight excluding hydrogens is 300 g/mol. The number of aliphatic hydroxyl groups is 1. The van der Waals surface area contributed by atoms with E-state index in [1.807, 2.05) is 0 Å². The highest BCUT2D eigenvalue weighted by molar-refractivity contribution is 7.99. The maximum atomic E-state index is 13.0. The molecule has 2 rings (SSSR count). The van der Waals surface area contributed by atoms with Crippen molar-refractivity contribution in [1.82, 2.24) is 0 Å². The highest BCUT2D eigenvalue weighted by atomic mass is 32.2. The summed E-state index contributed by atoms with van der Waals surface area (Å²) < 4.78 is 26.0. The minimum absolute atomic E-state index is 0.0925. The molecule has 2 aromatic rings. The Bertz CT molecular complexity index is 647. The van der Waals surface area contributed by atoms with Gasteiger partial charge in [0.15, 0.2) is 0 Å². The van der Waals surface area contributed by atoms with Crippen molar-refractivity contribution in [3.8, 4) is 0 Å². The number of halogens is 2. The minimum atomic E-state index is -2.79. The second-order valence-electron chi connectivity index (χ2n) is 4.18. The van der Waals surface area contributed by atoms with Crippen LogP contribution in [0.15, 0.2) is 52.3 Å². The lowest BCUT2D eigenvalue weighted by Crippen LogP contribution is -1.93. The zero-order valence-corrected chi connectivity index (χ0v) is 11.5. The number of nitro groups is 1. The first-order valence-electron chi connectivity index (χ1n) is 5.95. The van der Waals surface area contributed by atoms with E-state index in [9.17, 15) is 18.9 Å². The van der Waals surface area contributed by atoms with Gasteiger partial charge in [-0.1, -0.05) is 23.9 Å². The average Bonchev–Trinajstić information content (AvgIpc) is 2.48. The molecule has 0 amide bonds. The highest BCUT2D eigenvalue weighted by Gasteiger charge is 2.18. The number of nitro benzene ring substituents is 1. The van der Waals surface area contributed by atoms with Crippen LogP contribution < -0.4 is 0 Å². The summed E-state index contributed by atoms with van der Waals surface area (Å²) in [6.07, 6.45) is -2.79. The molecule has 0 spiro atoms. The van der Waals surface area contributed by atoms with E-state index >= 15 is 0 Å². The number of nitrogens with zero attached hydrogens (tertiary/aromatic N) is 1. The summed E-state index contributed by atoms with van der Waals surface area (Å²) in [5.41, 5.74) is 0.00263. The van der Waals surface area contributed by atoms with Crippen LogP contribution in [0, 0.1) is 10.1 Å². The number of benzene rings is 2. The quantitative estimate of drug-likeness (QED) is 0.664. The lowest BCUT2D eigenvalue weighted by molar-refractivity contribution is -0.385. The highest BCUT2D eigenvalue weighted by Crippen LogP contribution is 2.37. The molecule has 0 aliphatic heterocycles. The van der Waals surface area contributed by atoms with Crippen molar-refractivity contribution in [2.75, 3.05) is 0 Å². The van der Waals surface area contributed by atoms with E-state index in [2.05, 4.69) is 0 Å². The second-order valence-corrected chi connectivity index (χ2v) is 5.30. The second kappa shape index (κ2) is 6.64. The predicted molar refractivity (Wildman–Crippen MR) is 74.5 cm³/mol. The average molecular weight is 311 g/mol. The van der Waals surface area contributed by atoms with Gasteiger partial charge in [0.25, 0.3) is 12.1 Å². The zero-order valence-electron chi connectivity index (χ0n) is 10.7. The van der Waals surface area contributed by atoms with Crippen LogP contribution in [0.5, 0.6) is 0 Å². The van der Waals surface area contributed by atoms with Crippen LogP contribution in [0.1, 0.15) is 17.6 Å². The third-order valence-corrected chi connectivity index (χ3v) is 3.87. The van der Waals surface area contributed by atoms with Gasteiger partial charge in [-0.3, -0.25) is 10.1 Å². The maximum absolute atomic E-state index is 13.0. The number of hydrogen-bond donors (Lipinski definition) is 1. The Morgan fingerprint density at radius 3 is 2.38 bits per heavy atom. The largest absolute Gasteiger partial charge is 0.392 e. The topological polar surface area (TPSA) is 63.4 Å². The predicted octanol–water partition coefficient (Wildman–Crippen LogP) is 4.18. The van der Waals surface area contributed by atoms with Gasteiger partial charge in [-0.25, -0.2) is 8.78 Å². The number of aliphatic hydroxyl groups excluding tert-OH is 1. The Morgan fingerprint density at radius 1 is 1.19 bits per heavy atom. The lowest BCUT2D eigenvalue weighted by atomic mass is 10.2. The molecule has 0 unspecified atom stereocenters. The van der Waals surface area contributed by atoms with E-state index in [1.165, 1.54) is 12.1 Å². The fourth-order valence-corrected chi connectivity index (χ4v) is 2.63. The van der Waals surface area contributed by atoms with Crippen LogP contribution in [0.2, 0.25) is 0 Å². The van der Waals surface area contributed by atoms with Crippen molar-refractivity contribution < 1.29 is 18.8 Å². The fraction of sp³-hybridized carbons (Fsp3) is 0.143. The van der Waals surface area contributed by atoms with Gasteiger partial charge in [-0.15, -0.1) is 0 Å². The third kappa shape index (κ3) is 3.77. The van der Waals surface area contributed by atoms with Gasteiger partial charge >= 0.3 is 0 Å². The van der Waals surface area contributed by atoms with Crippen molar-refractivity contribution in [1.29, 1.82) is 0 Å². The first-order chi connectivity index (χ1) is 10.0. The van der Waals surface area contributed by atoms with Gasteiger partial charge in [0.2, 0.25) is 0 Å². The Hall–Kier alpha value is -1.99. The molecule has 0 heterocycles.